The van der Waals surface area contributed by atoms with Crippen molar-refractivity contribution in [1.29, 1.82) is 0 Å². The lowest BCUT2D eigenvalue weighted by molar-refractivity contribution is 0.186. The molecule has 0 fully saturated rings. The predicted molar refractivity (Wildman–Crippen MR) is 86.4 cm³/mol. The van der Waals surface area contributed by atoms with Crippen LogP contribution >= 0.6 is 11.6 Å². The molecule has 4 heteroatoms. The number of pyridine rings is 1. The number of aromatic nitrogens is 1. The lowest BCUT2D eigenvalue weighted by atomic mass is 10.1. The van der Waals surface area contributed by atoms with E-state index in [9.17, 15) is 5.11 Å². The first kappa shape index (κ1) is 15.8. The molecular weight excluding hydrogens is 284 g/mol. The van der Waals surface area contributed by atoms with Crippen LogP contribution in [0.2, 0.25) is 5.02 Å². The maximum Gasteiger partial charge on any atom is 0.134 e. The highest BCUT2D eigenvalue weighted by Gasteiger charge is 2.14. The number of hydrogen-bond acceptors (Lipinski definition) is 3. The fourth-order valence-corrected chi connectivity index (χ4v) is 2.43. The summed E-state index contributed by atoms with van der Waals surface area (Å²) in [5.41, 5.74) is 2.35. The second-order valence-corrected chi connectivity index (χ2v) is 5.71. The smallest absolute Gasteiger partial charge is 0.134 e. The average molecular weight is 305 g/mol. The van der Waals surface area contributed by atoms with E-state index in [1.54, 1.807) is 6.07 Å². The molecule has 0 aliphatic carbocycles. The van der Waals surface area contributed by atoms with Gasteiger partial charge in [0.2, 0.25) is 0 Å². The summed E-state index contributed by atoms with van der Waals surface area (Å²) in [5.74, 6) is 0.129. The van der Waals surface area contributed by atoms with Crippen molar-refractivity contribution in [3.8, 4) is 5.75 Å². The minimum atomic E-state index is 0.129. The maximum absolute atomic E-state index is 9.52. The third kappa shape index (κ3) is 4.45. The van der Waals surface area contributed by atoms with Gasteiger partial charge in [0.05, 0.1) is 5.02 Å². The van der Waals surface area contributed by atoms with Crippen molar-refractivity contribution in [1.82, 2.24) is 9.88 Å². The number of phenolic OH excluding ortho intramolecular Hbond substituents is 1. The summed E-state index contributed by atoms with van der Waals surface area (Å²) in [4.78, 5) is 6.46. The topological polar surface area (TPSA) is 36.4 Å². The standard InChI is InChI=1S/C17H21ClN2O/c1-3-13(2)20(11-14-6-8-19-9-7-14)12-15-4-5-17(21)16(18)10-15/h4-10,13,21H,3,11-12H2,1-2H3. The maximum atomic E-state index is 9.52. The van der Waals surface area contributed by atoms with Crippen molar-refractivity contribution >= 4 is 11.6 Å². The van der Waals surface area contributed by atoms with Gasteiger partial charge in [-0.05, 0) is 48.7 Å². The second-order valence-electron chi connectivity index (χ2n) is 5.30. The van der Waals surface area contributed by atoms with Crippen molar-refractivity contribution in [3.05, 3.63) is 58.9 Å². The minimum Gasteiger partial charge on any atom is -0.506 e. The zero-order valence-electron chi connectivity index (χ0n) is 12.5. The Hall–Kier alpha value is -1.58. The molecule has 0 bridgehead atoms. The van der Waals surface area contributed by atoms with E-state index < -0.39 is 0 Å². The van der Waals surface area contributed by atoms with Crippen molar-refractivity contribution in [2.45, 2.75) is 39.4 Å². The molecule has 0 saturated heterocycles. The first-order chi connectivity index (χ1) is 10.1. The van der Waals surface area contributed by atoms with Gasteiger partial charge in [-0.2, -0.15) is 0 Å². The Morgan fingerprint density at radius 1 is 1.14 bits per heavy atom. The Morgan fingerprint density at radius 3 is 2.43 bits per heavy atom. The van der Waals surface area contributed by atoms with Crippen LogP contribution in [0, 0.1) is 0 Å². The van der Waals surface area contributed by atoms with Crippen LogP contribution in [0.4, 0.5) is 0 Å². The first-order valence-corrected chi connectivity index (χ1v) is 7.58. The van der Waals surface area contributed by atoms with Crippen LogP contribution in [0.5, 0.6) is 5.75 Å². The van der Waals surface area contributed by atoms with Crippen LogP contribution < -0.4 is 0 Å². The fraction of sp³-hybridized carbons (Fsp3) is 0.353. The number of phenols is 1. The SMILES string of the molecule is CCC(C)N(Cc1ccncc1)Cc1ccc(O)c(Cl)c1. The van der Waals surface area contributed by atoms with Crippen molar-refractivity contribution in [2.24, 2.45) is 0 Å². The van der Waals surface area contributed by atoms with Gasteiger partial charge in [0.25, 0.3) is 0 Å². The highest BCUT2D eigenvalue weighted by atomic mass is 35.5. The van der Waals surface area contributed by atoms with Gasteiger partial charge < -0.3 is 5.11 Å². The quantitative estimate of drug-likeness (QED) is 0.867. The van der Waals surface area contributed by atoms with E-state index in [-0.39, 0.29) is 5.75 Å². The average Bonchev–Trinajstić information content (AvgIpc) is 2.50. The number of rotatable bonds is 6. The molecule has 1 N–H and O–H groups in total. The van der Waals surface area contributed by atoms with Crippen LogP contribution in [0.25, 0.3) is 0 Å². The Kier molecular flexibility index (Phi) is 5.59. The molecule has 0 spiro atoms. The highest BCUT2D eigenvalue weighted by molar-refractivity contribution is 6.32. The Balaban J connectivity index is 2.14. The van der Waals surface area contributed by atoms with E-state index in [1.165, 1.54) is 5.56 Å². The molecule has 1 heterocycles. The van der Waals surface area contributed by atoms with Crippen LogP contribution in [0.15, 0.2) is 42.7 Å². The third-order valence-electron chi connectivity index (χ3n) is 3.75. The fourth-order valence-electron chi connectivity index (χ4n) is 2.23. The summed E-state index contributed by atoms with van der Waals surface area (Å²) in [6.45, 7) is 6.09. The molecule has 1 aromatic heterocycles. The van der Waals surface area contributed by atoms with Crippen molar-refractivity contribution < 1.29 is 5.11 Å². The largest absolute Gasteiger partial charge is 0.506 e. The molecule has 2 rings (SSSR count). The van der Waals surface area contributed by atoms with E-state index in [0.29, 0.717) is 11.1 Å². The number of nitrogens with zero attached hydrogens (tertiary/aromatic N) is 2. The monoisotopic (exact) mass is 304 g/mol. The van der Waals surface area contributed by atoms with E-state index in [2.05, 4.69) is 23.7 Å². The Morgan fingerprint density at radius 2 is 1.81 bits per heavy atom. The van der Waals surface area contributed by atoms with Crippen LogP contribution in [0.3, 0.4) is 0 Å². The third-order valence-corrected chi connectivity index (χ3v) is 4.05. The molecule has 0 aliphatic heterocycles. The van der Waals surface area contributed by atoms with Crippen molar-refractivity contribution in [2.75, 3.05) is 0 Å². The summed E-state index contributed by atoms with van der Waals surface area (Å²) < 4.78 is 0. The molecule has 21 heavy (non-hydrogen) atoms. The highest BCUT2D eigenvalue weighted by Crippen LogP contribution is 2.25. The van der Waals surface area contributed by atoms with E-state index in [1.807, 2.05) is 36.7 Å². The lowest BCUT2D eigenvalue weighted by Crippen LogP contribution is -2.31. The van der Waals surface area contributed by atoms with Gasteiger partial charge >= 0.3 is 0 Å². The zero-order chi connectivity index (χ0) is 15.2. The van der Waals surface area contributed by atoms with Gasteiger partial charge in [-0.25, -0.2) is 0 Å². The van der Waals surface area contributed by atoms with Gasteiger partial charge in [0.1, 0.15) is 5.75 Å². The molecular formula is C17H21ClN2O. The molecule has 112 valence electrons. The normalized spacial score (nSPS) is 12.6. The first-order valence-electron chi connectivity index (χ1n) is 7.20. The summed E-state index contributed by atoms with van der Waals surface area (Å²) in [6, 6.07) is 9.95. The molecule has 0 aliphatic rings. The zero-order valence-corrected chi connectivity index (χ0v) is 13.2. The molecule has 1 aromatic carbocycles. The molecule has 1 atom stereocenters. The summed E-state index contributed by atoms with van der Waals surface area (Å²) in [6.07, 6.45) is 4.72. The second kappa shape index (κ2) is 7.43. The molecule has 1 unspecified atom stereocenters. The number of halogens is 1. The lowest BCUT2D eigenvalue weighted by Gasteiger charge is -2.28. The summed E-state index contributed by atoms with van der Waals surface area (Å²) in [7, 11) is 0. The molecule has 2 aromatic rings. The van der Waals surface area contributed by atoms with Gasteiger partial charge in [0.15, 0.2) is 0 Å². The number of benzene rings is 1. The minimum absolute atomic E-state index is 0.129. The van der Waals surface area contributed by atoms with E-state index in [0.717, 1.165) is 25.1 Å². The van der Waals surface area contributed by atoms with Gasteiger partial charge in [-0.1, -0.05) is 24.6 Å². The van der Waals surface area contributed by atoms with Crippen LogP contribution in [0.1, 0.15) is 31.4 Å². The summed E-state index contributed by atoms with van der Waals surface area (Å²) in [5, 5.41) is 9.92. The van der Waals surface area contributed by atoms with E-state index in [4.69, 9.17) is 11.6 Å². The Labute approximate surface area is 131 Å². The van der Waals surface area contributed by atoms with E-state index >= 15 is 0 Å². The summed E-state index contributed by atoms with van der Waals surface area (Å²) >= 11 is 5.99. The van der Waals surface area contributed by atoms with Gasteiger partial charge in [-0.3, -0.25) is 9.88 Å². The number of aromatic hydroxyl groups is 1. The molecule has 0 amide bonds. The molecule has 0 saturated carbocycles. The van der Waals surface area contributed by atoms with Gasteiger partial charge in [0, 0.05) is 31.5 Å². The molecule has 0 radical (unpaired) electrons. The van der Waals surface area contributed by atoms with Crippen molar-refractivity contribution in [3.63, 3.8) is 0 Å². The van der Waals surface area contributed by atoms with Crippen LogP contribution in [-0.4, -0.2) is 21.0 Å². The number of hydrogen-bond donors (Lipinski definition) is 1. The molecule has 3 nitrogen and oxygen atoms in total. The Bertz CT molecular complexity index is 574. The predicted octanol–water partition coefficient (Wildman–Crippen LogP) is 4.24. The van der Waals surface area contributed by atoms with Crippen LogP contribution in [-0.2, 0) is 13.1 Å². The van der Waals surface area contributed by atoms with Gasteiger partial charge in [-0.15, -0.1) is 0 Å².